The van der Waals surface area contributed by atoms with Gasteiger partial charge >= 0.3 is 77.3 Å². The molecular weight excluding hydrogens is 390 g/mol. The van der Waals surface area contributed by atoms with E-state index < -0.39 is 39.5 Å². The van der Waals surface area contributed by atoms with Gasteiger partial charge in [-0.15, -0.1) is 0 Å². The summed E-state index contributed by atoms with van der Waals surface area (Å²) < 4.78 is 35.5. The zero-order valence-electron chi connectivity index (χ0n) is 12.5. The Hall–Kier alpha value is -0.480. The first-order valence-electron chi connectivity index (χ1n) is 5.09. The number of carbonyl (C=O) groups excluding carboxylic acids is 4. The third-order valence-electron chi connectivity index (χ3n) is 0.961. The zero-order valence-corrected chi connectivity index (χ0v) is 16.5. The molecule has 0 saturated heterocycles. The van der Waals surface area contributed by atoms with Crippen molar-refractivity contribution in [1.29, 1.82) is 0 Å². The van der Waals surface area contributed by atoms with Crippen LogP contribution in [0, 0.1) is 0 Å². The molecule has 0 aliphatic rings. The predicted octanol–water partition coefficient (Wildman–Crippen LogP) is -1.22. The number of carbonyl (C=O) groups is 4. The van der Waals surface area contributed by atoms with Crippen molar-refractivity contribution >= 4 is 77.3 Å². The summed E-state index contributed by atoms with van der Waals surface area (Å²) in [6.07, 6.45) is 0. The predicted molar refractivity (Wildman–Crippen MR) is 68.0 cm³/mol. The van der Waals surface area contributed by atoms with Gasteiger partial charge in [0.2, 0.25) is 0 Å². The van der Waals surface area contributed by atoms with Gasteiger partial charge in [-0.3, -0.25) is 19.2 Å². The number of rotatable bonds is 4. The third kappa shape index (κ3) is 21.5. The van der Waals surface area contributed by atoms with Crippen LogP contribution >= 0.6 is 15.6 Å². The molecule has 0 aromatic heterocycles. The van der Waals surface area contributed by atoms with Crippen LogP contribution in [0.4, 0.5) is 0 Å². The SMILES string of the molecule is CC(=O)OP(=O)([O-])OC(C)=O.CC(=O)OP(=O)([O-])OC(C)=O.[Ca+2]. The molecule has 23 heavy (non-hydrogen) atoms. The summed E-state index contributed by atoms with van der Waals surface area (Å²) >= 11 is 0. The maximum Gasteiger partial charge on any atom is 2.00 e. The van der Waals surface area contributed by atoms with Gasteiger partial charge in [0.1, 0.15) is 0 Å². The molecule has 0 radical (unpaired) electrons. The van der Waals surface area contributed by atoms with Gasteiger partial charge in [-0.1, -0.05) is 0 Å². The van der Waals surface area contributed by atoms with E-state index >= 15 is 0 Å². The summed E-state index contributed by atoms with van der Waals surface area (Å²) in [5.74, 6) is -4.21. The molecule has 0 spiro atoms. The van der Waals surface area contributed by atoms with E-state index in [4.69, 9.17) is 0 Å². The second-order valence-corrected chi connectivity index (χ2v) is 5.75. The van der Waals surface area contributed by atoms with E-state index in [1.165, 1.54) is 0 Å². The summed E-state index contributed by atoms with van der Waals surface area (Å²) in [5, 5.41) is 0. The molecule has 0 atom stereocenters. The second kappa shape index (κ2) is 12.0. The van der Waals surface area contributed by atoms with Gasteiger partial charge in [-0.25, -0.2) is 9.13 Å². The second-order valence-electron chi connectivity index (χ2n) is 3.23. The molecule has 0 unspecified atom stereocenters. The van der Waals surface area contributed by atoms with Crippen LogP contribution in [0.25, 0.3) is 0 Å². The van der Waals surface area contributed by atoms with Crippen molar-refractivity contribution in [2.45, 2.75) is 27.7 Å². The Labute approximate surface area is 160 Å². The Morgan fingerprint density at radius 1 is 0.609 bits per heavy atom. The van der Waals surface area contributed by atoms with Crippen molar-refractivity contribution in [3.63, 3.8) is 0 Å². The van der Waals surface area contributed by atoms with Crippen LogP contribution in [-0.2, 0) is 46.4 Å². The van der Waals surface area contributed by atoms with Gasteiger partial charge in [0.05, 0.1) is 0 Å². The summed E-state index contributed by atoms with van der Waals surface area (Å²) in [7, 11) is -9.51. The molecule has 128 valence electrons. The number of hydrogen-bond donors (Lipinski definition) is 0. The van der Waals surface area contributed by atoms with E-state index in [1.54, 1.807) is 0 Å². The van der Waals surface area contributed by atoms with Crippen LogP contribution in [0.5, 0.6) is 0 Å². The number of hydrogen-bond acceptors (Lipinski definition) is 12. The summed E-state index contributed by atoms with van der Waals surface area (Å²) in [5.41, 5.74) is 0. The minimum Gasteiger partial charge on any atom is -0.736 e. The van der Waals surface area contributed by atoms with E-state index in [-0.39, 0.29) is 37.7 Å². The Kier molecular flexibility index (Phi) is 14.2. The van der Waals surface area contributed by atoms with Crippen molar-refractivity contribution in [2.24, 2.45) is 0 Å². The Morgan fingerprint density at radius 3 is 0.826 bits per heavy atom. The molecule has 0 bridgehead atoms. The van der Waals surface area contributed by atoms with Crippen LogP contribution in [0.2, 0.25) is 0 Å². The Morgan fingerprint density at radius 2 is 0.739 bits per heavy atom. The van der Waals surface area contributed by atoms with E-state index in [0.29, 0.717) is 0 Å². The minimum atomic E-state index is -4.75. The quantitative estimate of drug-likeness (QED) is 0.404. The minimum absolute atomic E-state index is 0. The van der Waals surface area contributed by atoms with Gasteiger partial charge in [-0.2, -0.15) is 0 Å². The van der Waals surface area contributed by atoms with Gasteiger partial charge < -0.3 is 27.9 Å². The van der Waals surface area contributed by atoms with Gasteiger partial charge in [0, 0.05) is 27.7 Å². The fraction of sp³-hybridized carbons (Fsp3) is 0.500. The molecule has 15 heteroatoms. The molecule has 12 nitrogen and oxygen atoms in total. The molecule has 0 saturated carbocycles. The van der Waals surface area contributed by atoms with E-state index in [1.807, 2.05) is 0 Å². The molecule has 0 amide bonds. The van der Waals surface area contributed by atoms with Crippen molar-refractivity contribution in [2.75, 3.05) is 0 Å². The first kappa shape index (κ1) is 27.4. The normalized spacial score (nSPS) is 10.0. The summed E-state index contributed by atoms with van der Waals surface area (Å²) in [6, 6.07) is 0. The molecular formula is C8H12CaO12P2. The van der Waals surface area contributed by atoms with Crippen LogP contribution < -0.4 is 9.79 Å². The molecule has 0 N–H and O–H groups in total. The maximum atomic E-state index is 10.4. The molecule has 0 aromatic carbocycles. The first-order valence-corrected chi connectivity index (χ1v) is 8.01. The van der Waals surface area contributed by atoms with Crippen molar-refractivity contribution < 1.29 is 56.2 Å². The fourth-order valence-electron chi connectivity index (χ4n) is 0.667. The zero-order chi connectivity index (χ0) is 18.1. The monoisotopic (exact) mass is 402 g/mol. The van der Waals surface area contributed by atoms with Gasteiger partial charge in [0.15, 0.2) is 0 Å². The Bertz CT molecular complexity index is 455. The summed E-state index contributed by atoms with van der Waals surface area (Å²) in [6.45, 7) is 3.53. The number of phosphoric acid groups is 2. The molecule has 0 rings (SSSR count). The Balaban J connectivity index is -0.000000333. The molecule has 0 aliphatic carbocycles. The summed E-state index contributed by atoms with van der Waals surface area (Å²) in [4.78, 5) is 61.0. The average molecular weight is 402 g/mol. The van der Waals surface area contributed by atoms with Gasteiger partial charge in [0.25, 0.3) is 0 Å². The third-order valence-corrected chi connectivity index (χ3v) is 2.88. The van der Waals surface area contributed by atoms with Crippen LogP contribution in [0.1, 0.15) is 27.7 Å². The van der Waals surface area contributed by atoms with Crippen LogP contribution in [0.15, 0.2) is 0 Å². The smallest absolute Gasteiger partial charge is 0.736 e. The van der Waals surface area contributed by atoms with Gasteiger partial charge in [-0.05, 0) is 0 Å². The fourth-order valence-corrected chi connectivity index (χ4v) is 2.00. The van der Waals surface area contributed by atoms with Crippen molar-refractivity contribution in [3.8, 4) is 0 Å². The largest absolute Gasteiger partial charge is 2.00 e. The van der Waals surface area contributed by atoms with E-state index in [2.05, 4.69) is 18.1 Å². The standard InChI is InChI=1S/2C4H7O6P.Ca/c2*1-3(5)9-11(7,8)10-4(2)6;/h2*1-2H3,(H,7,8);/q;;+2/p-2. The van der Waals surface area contributed by atoms with E-state index in [9.17, 15) is 38.1 Å². The molecule has 0 fully saturated rings. The maximum absolute atomic E-state index is 10.4. The molecule has 0 aliphatic heterocycles. The van der Waals surface area contributed by atoms with Crippen molar-refractivity contribution in [3.05, 3.63) is 0 Å². The average Bonchev–Trinajstić information content (AvgIpc) is 2.06. The number of phosphoric ester groups is 2. The van der Waals surface area contributed by atoms with Crippen molar-refractivity contribution in [1.82, 2.24) is 0 Å². The molecule has 0 aromatic rings. The van der Waals surface area contributed by atoms with Crippen LogP contribution in [0.3, 0.4) is 0 Å². The first-order chi connectivity index (χ1) is 9.67. The topological polar surface area (TPSA) is 185 Å². The molecule has 0 heterocycles. The van der Waals surface area contributed by atoms with Crippen LogP contribution in [-0.4, -0.2) is 61.6 Å². The van der Waals surface area contributed by atoms with E-state index in [0.717, 1.165) is 27.7 Å².